The van der Waals surface area contributed by atoms with Crippen LogP contribution in [0.25, 0.3) is 0 Å². The summed E-state index contributed by atoms with van der Waals surface area (Å²) < 4.78 is 0. The number of rotatable bonds is 4. The van der Waals surface area contributed by atoms with Crippen LogP contribution in [0.3, 0.4) is 0 Å². The summed E-state index contributed by atoms with van der Waals surface area (Å²) in [5, 5.41) is 18.3. The maximum absolute atomic E-state index is 12.9. The largest absolute Gasteiger partial charge is 0.353 e. The molecule has 1 aromatic carbocycles. The molecule has 0 saturated carbocycles. The zero-order chi connectivity index (χ0) is 20.1. The number of hydrogen-bond donors (Lipinski definition) is 2. The predicted molar refractivity (Wildman–Crippen MR) is 111 cm³/mol. The lowest BCUT2D eigenvalue weighted by atomic mass is 9.69. The number of nitro benzene ring substituents is 1. The number of benzene rings is 1. The van der Waals surface area contributed by atoms with Crippen molar-refractivity contribution in [1.29, 1.82) is 0 Å². The molecule has 1 aliphatic heterocycles. The van der Waals surface area contributed by atoms with Crippen molar-refractivity contribution < 1.29 is 9.72 Å². The van der Waals surface area contributed by atoms with Gasteiger partial charge < -0.3 is 10.6 Å². The minimum Gasteiger partial charge on any atom is -0.353 e. The van der Waals surface area contributed by atoms with Crippen molar-refractivity contribution in [2.45, 2.75) is 52.6 Å². The van der Waals surface area contributed by atoms with E-state index in [1.807, 2.05) is 0 Å². The Morgan fingerprint density at radius 2 is 2.11 bits per heavy atom. The van der Waals surface area contributed by atoms with Gasteiger partial charge in [0, 0.05) is 22.6 Å². The molecule has 0 unspecified atom stereocenters. The lowest BCUT2D eigenvalue weighted by Crippen LogP contribution is -2.38. The summed E-state index contributed by atoms with van der Waals surface area (Å²) in [7, 11) is 0. The number of amides is 1. The lowest BCUT2D eigenvalue weighted by molar-refractivity contribution is -0.384. The Balaban J connectivity index is 1.63. The number of thiophene rings is 1. The van der Waals surface area contributed by atoms with E-state index in [4.69, 9.17) is 0 Å². The molecular formula is C21H25N3O3S. The molecule has 0 fully saturated rings. The number of nitrogens with one attached hydrogen (secondary N) is 2. The van der Waals surface area contributed by atoms with E-state index >= 15 is 0 Å². The van der Waals surface area contributed by atoms with Crippen LogP contribution in [-0.2, 0) is 12.8 Å². The van der Waals surface area contributed by atoms with Gasteiger partial charge in [-0.25, -0.2) is 0 Å². The molecule has 6 nitrogen and oxygen atoms in total. The summed E-state index contributed by atoms with van der Waals surface area (Å²) in [6, 6.07) is 6.41. The van der Waals surface area contributed by atoms with Gasteiger partial charge in [0.05, 0.1) is 10.5 Å². The number of nitrogens with zero attached hydrogens (tertiary/aromatic N) is 1. The first-order valence-corrected chi connectivity index (χ1v) is 10.6. The van der Waals surface area contributed by atoms with Crippen LogP contribution in [0.2, 0.25) is 0 Å². The van der Waals surface area contributed by atoms with Crippen molar-refractivity contribution in [3.05, 3.63) is 55.9 Å². The Labute approximate surface area is 168 Å². The zero-order valence-corrected chi connectivity index (χ0v) is 17.2. The minimum absolute atomic E-state index is 0.0226. The van der Waals surface area contributed by atoms with Crippen molar-refractivity contribution in [1.82, 2.24) is 5.32 Å². The molecule has 2 N–H and O–H groups in total. The molecule has 0 spiro atoms. The second kappa shape index (κ2) is 6.88. The number of fused-ring (bicyclic) bond motifs is 3. The molecule has 2 heterocycles. The summed E-state index contributed by atoms with van der Waals surface area (Å²) in [5.41, 5.74) is 2.96. The van der Waals surface area contributed by atoms with Crippen LogP contribution in [0.5, 0.6) is 0 Å². The Morgan fingerprint density at radius 1 is 1.32 bits per heavy atom. The molecule has 2 aromatic rings. The topological polar surface area (TPSA) is 84.3 Å². The van der Waals surface area contributed by atoms with Gasteiger partial charge in [0.1, 0.15) is 11.2 Å². The van der Waals surface area contributed by atoms with Gasteiger partial charge in [0.2, 0.25) is 0 Å². The number of anilines is 1. The molecular weight excluding hydrogens is 374 g/mol. The molecule has 1 aliphatic carbocycles. The SMILES string of the molecule is CCC(C)(C)[C@@H]1CCc2c(sc3c2C(=O)N[C@@H](c2cccc([N+](=O)[O-])c2)N3)C1. The van der Waals surface area contributed by atoms with Crippen molar-refractivity contribution in [2.24, 2.45) is 11.3 Å². The van der Waals surface area contributed by atoms with E-state index < -0.39 is 11.1 Å². The van der Waals surface area contributed by atoms with E-state index in [0.717, 1.165) is 36.2 Å². The highest BCUT2D eigenvalue weighted by atomic mass is 32.1. The number of carbonyl (C=O) groups excluding carboxylic acids is 1. The molecule has 7 heteroatoms. The normalized spacial score (nSPS) is 21.3. The average molecular weight is 400 g/mol. The van der Waals surface area contributed by atoms with Gasteiger partial charge in [-0.05, 0) is 36.2 Å². The monoisotopic (exact) mass is 399 g/mol. The van der Waals surface area contributed by atoms with Crippen LogP contribution in [0.1, 0.15) is 66.1 Å². The third kappa shape index (κ3) is 3.17. The lowest BCUT2D eigenvalue weighted by Gasteiger charge is -2.36. The van der Waals surface area contributed by atoms with Crippen LogP contribution in [0.4, 0.5) is 10.7 Å². The molecule has 2 atom stereocenters. The van der Waals surface area contributed by atoms with Crippen LogP contribution in [0, 0.1) is 21.4 Å². The smallest absolute Gasteiger partial charge is 0.269 e. The van der Waals surface area contributed by atoms with Crippen LogP contribution >= 0.6 is 11.3 Å². The number of nitro groups is 1. The molecule has 0 saturated heterocycles. The molecule has 1 amide bonds. The molecule has 0 radical (unpaired) electrons. The van der Waals surface area contributed by atoms with Gasteiger partial charge in [0.25, 0.3) is 11.6 Å². The van der Waals surface area contributed by atoms with E-state index in [2.05, 4.69) is 31.4 Å². The fourth-order valence-electron chi connectivity index (χ4n) is 4.24. The van der Waals surface area contributed by atoms with E-state index in [-0.39, 0.29) is 11.6 Å². The summed E-state index contributed by atoms with van der Waals surface area (Å²) in [5.74, 6) is 0.539. The Hall–Kier alpha value is -2.41. The zero-order valence-electron chi connectivity index (χ0n) is 16.4. The molecule has 1 aromatic heterocycles. The standard InChI is InChI=1S/C21H25N3O3S/c1-4-21(2,3)13-8-9-15-16(11-13)28-20-17(15)19(25)22-18(23-20)12-6-5-7-14(10-12)24(26)27/h5-7,10,13,18,23H,4,8-9,11H2,1-3H3,(H,22,25)/t13-,18-/m1/s1. The molecule has 0 bridgehead atoms. The summed E-state index contributed by atoms with van der Waals surface area (Å²) >= 11 is 1.67. The van der Waals surface area contributed by atoms with Gasteiger partial charge >= 0.3 is 0 Å². The van der Waals surface area contributed by atoms with Gasteiger partial charge in [-0.3, -0.25) is 14.9 Å². The third-order valence-electron chi connectivity index (χ3n) is 6.47. The second-order valence-corrected chi connectivity index (χ2v) is 9.50. The van der Waals surface area contributed by atoms with E-state index in [1.165, 1.54) is 22.6 Å². The quantitative estimate of drug-likeness (QED) is 0.556. The summed E-state index contributed by atoms with van der Waals surface area (Å²) in [6.07, 6.45) is 3.75. The first-order chi connectivity index (χ1) is 13.3. The van der Waals surface area contributed by atoms with E-state index in [9.17, 15) is 14.9 Å². The van der Waals surface area contributed by atoms with Gasteiger partial charge in [-0.1, -0.05) is 39.3 Å². The highest BCUT2D eigenvalue weighted by Gasteiger charge is 2.37. The number of non-ortho nitro benzene ring substituents is 1. The van der Waals surface area contributed by atoms with Crippen LogP contribution in [0.15, 0.2) is 24.3 Å². The van der Waals surface area contributed by atoms with Crippen molar-refractivity contribution in [2.75, 3.05) is 5.32 Å². The van der Waals surface area contributed by atoms with E-state index in [0.29, 0.717) is 16.9 Å². The summed E-state index contributed by atoms with van der Waals surface area (Å²) in [4.78, 5) is 24.8. The first kappa shape index (κ1) is 18.9. The molecule has 4 rings (SSSR count). The Kier molecular flexibility index (Phi) is 4.65. The fraction of sp³-hybridized carbons (Fsp3) is 0.476. The Morgan fingerprint density at radius 3 is 2.82 bits per heavy atom. The average Bonchev–Trinajstić information content (AvgIpc) is 3.06. The maximum atomic E-state index is 12.9. The van der Waals surface area contributed by atoms with Gasteiger partial charge in [-0.2, -0.15) is 0 Å². The van der Waals surface area contributed by atoms with Crippen molar-refractivity contribution in [3.63, 3.8) is 0 Å². The van der Waals surface area contributed by atoms with Crippen LogP contribution in [-0.4, -0.2) is 10.8 Å². The van der Waals surface area contributed by atoms with Gasteiger partial charge in [-0.15, -0.1) is 11.3 Å². The fourth-order valence-corrected chi connectivity index (χ4v) is 5.59. The first-order valence-electron chi connectivity index (χ1n) is 9.76. The van der Waals surface area contributed by atoms with Crippen molar-refractivity contribution in [3.8, 4) is 0 Å². The van der Waals surface area contributed by atoms with Crippen LogP contribution < -0.4 is 10.6 Å². The molecule has 2 aliphatic rings. The predicted octanol–water partition coefficient (Wildman–Crippen LogP) is 5.05. The third-order valence-corrected chi connectivity index (χ3v) is 7.66. The highest BCUT2D eigenvalue weighted by Crippen LogP contribution is 2.47. The second-order valence-electron chi connectivity index (χ2n) is 8.39. The van der Waals surface area contributed by atoms with Gasteiger partial charge in [0.15, 0.2) is 0 Å². The minimum atomic E-state index is -0.456. The molecule has 148 valence electrons. The van der Waals surface area contributed by atoms with E-state index in [1.54, 1.807) is 23.5 Å². The van der Waals surface area contributed by atoms with Crippen molar-refractivity contribution >= 4 is 27.9 Å². The summed E-state index contributed by atoms with van der Waals surface area (Å²) in [6.45, 7) is 6.91. The number of carbonyl (C=O) groups is 1. The Bertz CT molecular complexity index is 950. The number of hydrogen-bond acceptors (Lipinski definition) is 5. The molecule has 28 heavy (non-hydrogen) atoms. The highest BCUT2D eigenvalue weighted by molar-refractivity contribution is 7.16. The maximum Gasteiger partial charge on any atom is 0.269 e.